The van der Waals surface area contributed by atoms with Crippen molar-refractivity contribution in [2.75, 3.05) is 18.4 Å². The van der Waals surface area contributed by atoms with E-state index in [1.807, 2.05) is 41.3 Å². The summed E-state index contributed by atoms with van der Waals surface area (Å²) in [6.07, 6.45) is 4.43. The second-order valence-corrected chi connectivity index (χ2v) is 8.99. The third-order valence-corrected chi connectivity index (χ3v) is 5.87. The van der Waals surface area contributed by atoms with Crippen LogP contribution >= 0.6 is 11.8 Å². The maximum atomic E-state index is 13.1. The van der Waals surface area contributed by atoms with Crippen molar-refractivity contribution in [3.05, 3.63) is 59.7 Å². The van der Waals surface area contributed by atoms with Gasteiger partial charge < -0.3 is 10.2 Å². The number of hydrogen-bond acceptors (Lipinski definition) is 3. The third-order valence-electron chi connectivity index (χ3n) is 4.79. The van der Waals surface area contributed by atoms with Gasteiger partial charge in [-0.3, -0.25) is 9.59 Å². The lowest BCUT2D eigenvalue weighted by atomic mass is 10.1. The number of rotatable bonds is 5. The predicted octanol–water partition coefficient (Wildman–Crippen LogP) is 5.46. The van der Waals surface area contributed by atoms with Crippen LogP contribution in [0, 0.1) is 0 Å². The van der Waals surface area contributed by atoms with Gasteiger partial charge in [-0.25, -0.2) is 0 Å². The van der Waals surface area contributed by atoms with Gasteiger partial charge in [-0.2, -0.15) is 0 Å². The first-order valence-electron chi connectivity index (χ1n) is 10.0. The average molecular weight is 397 g/mol. The standard InChI is InChI=1S/C23H28N2O2S/c1-17(2)28-21-14-8-6-12-19(21)22(26)24-20-13-7-5-11-18(20)23(27)25-15-9-3-4-10-16-25/h5-8,11-14,17H,3-4,9-10,15-16H2,1-2H3,(H,24,26). The van der Waals surface area contributed by atoms with E-state index in [0.29, 0.717) is 22.1 Å². The molecule has 1 fully saturated rings. The number of nitrogens with one attached hydrogen (secondary N) is 1. The Balaban J connectivity index is 1.82. The molecule has 0 bridgehead atoms. The molecule has 1 saturated heterocycles. The van der Waals surface area contributed by atoms with Gasteiger partial charge in [-0.05, 0) is 37.1 Å². The van der Waals surface area contributed by atoms with Crippen LogP contribution in [-0.2, 0) is 0 Å². The van der Waals surface area contributed by atoms with Crippen LogP contribution in [0.1, 0.15) is 60.2 Å². The number of para-hydroxylation sites is 1. The van der Waals surface area contributed by atoms with Crippen LogP contribution in [0.2, 0.25) is 0 Å². The summed E-state index contributed by atoms with van der Waals surface area (Å²) in [6, 6.07) is 14.9. The normalized spacial score (nSPS) is 14.6. The van der Waals surface area contributed by atoms with Gasteiger partial charge in [0, 0.05) is 23.2 Å². The summed E-state index contributed by atoms with van der Waals surface area (Å²) >= 11 is 1.66. The van der Waals surface area contributed by atoms with Gasteiger partial charge in [0.05, 0.1) is 16.8 Å². The second-order valence-electron chi connectivity index (χ2n) is 7.37. The molecule has 1 aliphatic rings. The Kier molecular flexibility index (Phi) is 7.15. The minimum Gasteiger partial charge on any atom is -0.339 e. The van der Waals surface area contributed by atoms with E-state index in [9.17, 15) is 9.59 Å². The van der Waals surface area contributed by atoms with E-state index in [0.717, 1.165) is 30.8 Å². The number of thioether (sulfide) groups is 1. The molecule has 1 N–H and O–H groups in total. The van der Waals surface area contributed by atoms with E-state index in [4.69, 9.17) is 0 Å². The Morgan fingerprint density at radius 2 is 1.50 bits per heavy atom. The van der Waals surface area contributed by atoms with Crippen molar-refractivity contribution >= 4 is 29.3 Å². The third kappa shape index (κ3) is 5.16. The Morgan fingerprint density at radius 1 is 0.893 bits per heavy atom. The minimum absolute atomic E-state index is 0.00244. The van der Waals surface area contributed by atoms with Crippen molar-refractivity contribution < 1.29 is 9.59 Å². The molecule has 1 heterocycles. The minimum atomic E-state index is -0.181. The fraction of sp³-hybridized carbons (Fsp3) is 0.391. The summed E-state index contributed by atoms with van der Waals surface area (Å²) in [7, 11) is 0. The summed E-state index contributed by atoms with van der Waals surface area (Å²) < 4.78 is 0. The predicted molar refractivity (Wildman–Crippen MR) is 116 cm³/mol. The van der Waals surface area contributed by atoms with Crippen molar-refractivity contribution in [3.8, 4) is 0 Å². The Hall–Kier alpha value is -2.27. The smallest absolute Gasteiger partial charge is 0.256 e. The van der Waals surface area contributed by atoms with Crippen LogP contribution in [-0.4, -0.2) is 35.1 Å². The van der Waals surface area contributed by atoms with Gasteiger partial charge >= 0.3 is 0 Å². The molecule has 1 aliphatic heterocycles. The van der Waals surface area contributed by atoms with Crippen LogP contribution in [0.25, 0.3) is 0 Å². The van der Waals surface area contributed by atoms with Gasteiger partial charge in [0.1, 0.15) is 0 Å². The lowest BCUT2D eigenvalue weighted by Crippen LogP contribution is -2.32. The zero-order valence-corrected chi connectivity index (χ0v) is 17.4. The molecule has 2 aromatic rings. The van der Waals surface area contributed by atoms with Crippen LogP contribution in [0.4, 0.5) is 5.69 Å². The maximum absolute atomic E-state index is 13.1. The quantitative estimate of drug-likeness (QED) is 0.683. The Morgan fingerprint density at radius 3 is 2.18 bits per heavy atom. The summed E-state index contributed by atoms with van der Waals surface area (Å²) in [6.45, 7) is 5.78. The molecule has 0 aliphatic carbocycles. The maximum Gasteiger partial charge on any atom is 0.256 e. The molecular formula is C23H28N2O2S. The molecule has 28 heavy (non-hydrogen) atoms. The highest BCUT2D eigenvalue weighted by Crippen LogP contribution is 2.28. The van der Waals surface area contributed by atoms with Gasteiger partial charge in [-0.1, -0.05) is 51.0 Å². The van der Waals surface area contributed by atoms with Crippen molar-refractivity contribution in [3.63, 3.8) is 0 Å². The van der Waals surface area contributed by atoms with E-state index in [-0.39, 0.29) is 11.8 Å². The lowest BCUT2D eigenvalue weighted by molar-refractivity contribution is 0.0762. The van der Waals surface area contributed by atoms with Gasteiger partial charge in [0.25, 0.3) is 11.8 Å². The molecule has 2 aromatic carbocycles. The first-order chi connectivity index (χ1) is 13.6. The summed E-state index contributed by atoms with van der Waals surface area (Å²) in [5, 5.41) is 3.36. The second kappa shape index (κ2) is 9.78. The van der Waals surface area contributed by atoms with Crippen LogP contribution in [0.5, 0.6) is 0 Å². The molecule has 0 spiro atoms. The summed E-state index contributed by atoms with van der Waals surface area (Å²) in [4.78, 5) is 28.9. The zero-order chi connectivity index (χ0) is 19.9. The number of anilines is 1. The topological polar surface area (TPSA) is 49.4 Å². The molecule has 3 rings (SSSR count). The van der Waals surface area contributed by atoms with Crippen molar-refractivity contribution in [2.24, 2.45) is 0 Å². The molecule has 0 saturated carbocycles. The molecule has 0 radical (unpaired) electrons. The highest BCUT2D eigenvalue weighted by Gasteiger charge is 2.21. The van der Waals surface area contributed by atoms with E-state index in [1.54, 1.807) is 23.9 Å². The van der Waals surface area contributed by atoms with E-state index in [2.05, 4.69) is 19.2 Å². The van der Waals surface area contributed by atoms with Gasteiger partial charge in [-0.15, -0.1) is 11.8 Å². The molecule has 0 atom stereocenters. The number of amides is 2. The van der Waals surface area contributed by atoms with E-state index in [1.165, 1.54) is 12.8 Å². The first kappa shape index (κ1) is 20.5. The SMILES string of the molecule is CC(C)Sc1ccccc1C(=O)Nc1ccccc1C(=O)N1CCCCCC1. The average Bonchev–Trinajstić information content (AvgIpc) is 2.97. The molecular weight excluding hydrogens is 368 g/mol. The Labute approximate surface area is 171 Å². The van der Waals surface area contributed by atoms with Crippen LogP contribution in [0.15, 0.2) is 53.4 Å². The van der Waals surface area contributed by atoms with Crippen molar-refractivity contribution in [2.45, 2.75) is 49.7 Å². The van der Waals surface area contributed by atoms with Gasteiger partial charge in [0.2, 0.25) is 0 Å². The molecule has 148 valence electrons. The van der Waals surface area contributed by atoms with Crippen molar-refractivity contribution in [1.29, 1.82) is 0 Å². The largest absolute Gasteiger partial charge is 0.339 e. The van der Waals surface area contributed by atoms with Crippen LogP contribution in [0.3, 0.4) is 0 Å². The molecule has 0 unspecified atom stereocenters. The van der Waals surface area contributed by atoms with E-state index >= 15 is 0 Å². The molecule has 4 nitrogen and oxygen atoms in total. The fourth-order valence-corrected chi connectivity index (χ4v) is 4.38. The highest BCUT2D eigenvalue weighted by atomic mass is 32.2. The van der Waals surface area contributed by atoms with E-state index < -0.39 is 0 Å². The number of hydrogen-bond donors (Lipinski definition) is 1. The number of carbonyl (C=O) groups excluding carboxylic acids is 2. The van der Waals surface area contributed by atoms with Gasteiger partial charge in [0.15, 0.2) is 0 Å². The molecule has 2 amide bonds. The number of nitrogens with zero attached hydrogens (tertiary/aromatic N) is 1. The first-order valence-corrected chi connectivity index (χ1v) is 10.9. The summed E-state index contributed by atoms with van der Waals surface area (Å²) in [5.41, 5.74) is 1.77. The molecule has 0 aromatic heterocycles. The number of benzene rings is 2. The summed E-state index contributed by atoms with van der Waals surface area (Å²) in [5.74, 6) is -0.178. The zero-order valence-electron chi connectivity index (χ0n) is 16.6. The number of carbonyl (C=O) groups is 2. The number of likely N-dealkylation sites (tertiary alicyclic amines) is 1. The highest BCUT2D eigenvalue weighted by molar-refractivity contribution is 8.00. The van der Waals surface area contributed by atoms with Crippen LogP contribution < -0.4 is 5.32 Å². The monoisotopic (exact) mass is 396 g/mol. The lowest BCUT2D eigenvalue weighted by Gasteiger charge is -2.22. The Bertz CT molecular complexity index is 827. The fourth-order valence-electron chi connectivity index (χ4n) is 3.42. The van der Waals surface area contributed by atoms with Crippen molar-refractivity contribution in [1.82, 2.24) is 4.90 Å². The molecule has 5 heteroatoms.